The number of carbonyl (C=O) groups is 2. The fourth-order valence-electron chi connectivity index (χ4n) is 3.55. The number of ether oxygens (including phenoxy) is 1. The van der Waals surface area contributed by atoms with E-state index in [9.17, 15) is 19.7 Å². The van der Waals surface area contributed by atoms with Gasteiger partial charge in [-0.3, -0.25) is 24.6 Å². The molecular formula is C25H22N2O5S. The molecule has 1 heterocycles. The van der Waals surface area contributed by atoms with Gasteiger partial charge in [0.15, 0.2) is 0 Å². The predicted octanol–water partition coefficient (Wildman–Crippen LogP) is 6.16. The maximum Gasteiger partial charge on any atom is 0.293 e. The molecule has 0 atom stereocenters. The Morgan fingerprint density at radius 3 is 2.55 bits per heavy atom. The van der Waals surface area contributed by atoms with Crippen LogP contribution in [0.2, 0.25) is 0 Å². The van der Waals surface area contributed by atoms with Crippen LogP contribution < -0.4 is 4.74 Å². The SMILES string of the molecule is CCCCOc1ccc2ccccc2c1/C=C1\SC(=O)N(Cc2ccc([N+](=O)[O-])cc2)C1=O. The first-order chi connectivity index (χ1) is 16.0. The molecular weight excluding hydrogens is 440 g/mol. The number of thioether (sulfide) groups is 1. The summed E-state index contributed by atoms with van der Waals surface area (Å²) in [6.07, 6.45) is 3.65. The Hall–Kier alpha value is -3.65. The van der Waals surface area contributed by atoms with Gasteiger partial charge in [0.2, 0.25) is 0 Å². The minimum atomic E-state index is -0.489. The number of rotatable bonds is 8. The second-order valence-electron chi connectivity index (χ2n) is 7.59. The van der Waals surface area contributed by atoms with E-state index >= 15 is 0 Å². The molecule has 0 spiro atoms. The molecule has 7 nitrogen and oxygen atoms in total. The minimum absolute atomic E-state index is 0.0423. The molecule has 168 valence electrons. The Labute approximate surface area is 195 Å². The summed E-state index contributed by atoms with van der Waals surface area (Å²) >= 11 is 0.884. The van der Waals surface area contributed by atoms with Crippen molar-refractivity contribution in [2.45, 2.75) is 26.3 Å². The third kappa shape index (κ3) is 4.90. The summed E-state index contributed by atoms with van der Waals surface area (Å²) in [7, 11) is 0. The summed E-state index contributed by atoms with van der Waals surface area (Å²) in [6.45, 7) is 2.71. The van der Waals surface area contributed by atoms with Gasteiger partial charge in [0.1, 0.15) is 5.75 Å². The molecule has 0 saturated carbocycles. The van der Waals surface area contributed by atoms with Crippen molar-refractivity contribution in [2.24, 2.45) is 0 Å². The van der Waals surface area contributed by atoms with Crippen LogP contribution in [0.3, 0.4) is 0 Å². The first-order valence-corrected chi connectivity index (χ1v) is 11.4. The molecule has 4 rings (SSSR count). The van der Waals surface area contributed by atoms with Crippen molar-refractivity contribution in [1.82, 2.24) is 4.90 Å². The van der Waals surface area contributed by atoms with Crippen molar-refractivity contribution in [3.8, 4) is 5.75 Å². The molecule has 0 unspecified atom stereocenters. The van der Waals surface area contributed by atoms with E-state index in [-0.39, 0.29) is 17.5 Å². The quantitative estimate of drug-likeness (QED) is 0.172. The van der Waals surface area contributed by atoms with Crippen LogP contribution >= 0.6 is 11.8 Å². The van der Waals surface area contributed by atoms with Crippen molar-refractivity contribution in [3.05, 3.63) is 86.8 Å². The van der Waals surface area contributed by atoms with Gasteiger partial charge < -0.3 is 4.74 Å². The number of amides is 2. The molecule has 1 aliphatic heterocycles. The first kappa shape index (κ1) is 22.5. The van der Waals surface area contributed by atoms with Crippen molar-refractivity contribution >= 4 is 45.4 Å². The number of fused-ring (bicyclic) bond motifs is 1. The summed E-state index contributed by atoms with van der Waals surface area (Å²) in [6, 6.07) is 17.5. The van der Waals surface area contributed by atoms with E-state index in [4.69, 9.17) is 4.74 Å². The molecule has 0 N–H and O–H groups in total. The Balaban J connectivity index is 1.64. The number of nitro benzene ring substituents is 1. The number of imide groups is 1. The monoisotopic (exact) mass is 462 g/mol. The topological polar surface area (TPSA) is 89.8 Å². The van der Waals surface area contributed by atoms with Gasteiger partial charge in [0.25, 0.3) is 16.8 Å². The van der Waals surface area contributed by atoms with Gasteiger partial charge in [-0.25, -0.2) is 0 Å². The Bertz CT molecular complexity index is 1250. The summed E-state index contributed by atoms with van der Waals surface area (Å²) in [4.78, 5) is 37.5. The van der Waals surface area contributed by atoms with Crippen LogP contribution in [-0.4, -0.2) is 27.6 Å². The summed E-state index contributed by atoms with van der Waals surface area (Å²) in [5.74, 6) is 0.278. The van der Waals surface area contributed by atoms with Gasteiger partial charge in [0, 0.05) is 17.7 Å². The predicted molar refractivity (Wildman–Crippen MR) is 129 cm³/mol. The van der Waals surface area contributed by atoms with Crippen molar-refractivity contribution < 1.29 is 19.2 Å². The molecule has 33 heavy (non-hydrogen) atoms. The largest absolute Gasteiger partial charge is 0.493 e. The molecule has 0 radical (unpaired) electrons. The van der Waals surface area contributed by atoms with Crippen LogP contribution in [0.4, 0.5) is 10.5 Å². The molecule has 0 aromatic heterocycles. The minimum Gasteiger partial charge on any atom is -0.493 e. The fraction of sp³-hybridized carbons (Fsp3) is 0.200. The van der Waals surface area contributed by atoms with E-state index in [2.05, 4.69) is 6.92 Å². The lowest BCUT2D eigenvalue weighted by Gasteiger charge is -2.13. The zero-order valence-corrected chi connectivity index (χ0v) is 18.8. The van der Waals surface area contributed by atoms with Gasteiger partial charge in [-0.2, -0.15) is 0 Å². The van der Waals surface area contributed by atoms with E-state index in [1.807, 2.05) is 36.4 Å². The van der Waals surface area contributed by atoms with Crippen molar-refractivity contribution in [3.63, 3.8) is 0 Å². The van der Waals surface area contributed by atoms with Crippen LogP contribution in [0.25, 0.3) is 16.8 Å². The molecule has 8 heteroatoms. The average Bonchev–Trinajstić information content (AvgIpc) is 3.08. The summed E-state index contributed by atoms with van der Waals surface area (Å²) in [5, 5.41) is 12.4. The maximum absolute atomic E-state index is 13.1. The molecule has 0 bridgehead atoms. The standard InChI is InChI=1S/C25H22N2O5S/c1-2-3-14-32-22-13-10-18-6-4-5-7-20(18)21(22)15-23-24(28)26(25(29)33-23)16-17-8-11-19(12-9-17)27(30)31/h4-13,15H,2-3,14,16H2,1H3/b23-15-. The van der Waals surface area contributed by atoms with E-state index in [0.29, 0.717) is 22.8 Å². The van der Waals surface area contributed by atoms with Crippen LogP contribution in [0, 0.1) is 10.1 Å². The number of benzene rings is 3. The van der Waals surface area contributed by atoms with Gasteiger partial charge in [0.05, 0.1) is 23.0 Å². The summed E-state index contributed by atoms with van der Waals surface area (Å²) in [5.41, 5.74) is 1.36. The maximum atomic E-state index is 13.1. The lowest BCUT2D eigenvalue weighted by atomic mass is 10.0. The zero-order valence-electron chi connectivity index (χ0n) is 18.0. The third-order valence-electron chi connectivity index (χ3n) is 5.32. The zero-order chi connectivity index (χ0) is 23.4. The molecule has 1 saturated heterocycles. The van der Waals surface area contributed by atoms with Gasteiger partial charge in [-0.1, -0.05) is 55.8 Å². The van der Waals surface area contributed by atoms with Crippen LogP contribution in [-0.2, 0) is 11.3 Å². The Morgan fingerprint density at radius 2 is 1.82 bits per heavy atom. The summed E-state index contributed by atoms with van der Waals surface area (Å²) < 4.78 is 5.99. The second kappa shape index (κ2) is 9.87. The molecule has 0 aliphatic carbocycles. The van der Waals surface area contributed by atoms with Gasteiger partial charge in [-0.15, -0.1) is 0 Å². The number of unbranched alkanes of at least 4 members (excludes halogenated alkanes) is 1. The number of hydrogen-bond donors (Lipinski definition) is 0. The highest BCUT2D eigenvalue weighted by Gasteiger charge is 2.35. The highest BCUT2D eigenvalue weighted by atomic mass is 32.2. The van der Waals surface area contributed by atoms with Crippen LogP contribution in [0.1, 0.15) is 30.9 Å². The van der Waals surface area contributed by atoms with Gasteiger partial charge >= 0.3 is 0 Å². The van der Waals surface area contributed by atoms with E-state index < -0.39 is 10.8 Å². The van der Waals surface area contributed by atoms with E-state index in [1.165, 1.54) is 12.1 Å². The highest BCUT2D eigenvalue weighted by Crippen LogP contribution is 2.37. The lowest BCUT2D eigenvalue weighted by molar-refractivity contribution is -0.384. The van der Waals surface area contributed by atoms with Crippen LogP contribution in [0.5, 0.6) is 5.75 Å². The average molecular weight is 463 g/mol. The van der Waals surface area contributed by atoms with Crippen molar-refractivity contribution in [1.29, 1.82) is 0 Å². The third-order valence-corrected chi connectivity index (χ3v) is 6.23. The normalized spacial score (nSPS) is 14.9. The number of non-ortho nitro benzene ring substituents is 1. The molecule has 2 amide bonds. The first-order valence-electron chi connectivity index (χ1n) is 10.6. The van der Waals surface area contributed by atoms with Gasteiger partial charge in [-0.05, 0) is 46.7 Å². The van der Waals surface area contributed by atoms with E-state index in [1.54, 1.807) is 18.2 Å². The number of carbonyl (C=O) groups excluding carboxylic acids is 2. The smallest absolute Gasteiger partial charge is 0.293 e. The number of hydrogen-bond acceptors (Lipinski definition) is 6. The molecule has 1 aliphatic rings. The number of nitro groups is 1. The lowest BCUT2D eigenvalue weighted by Crippen LogP contribution is -2.27. The fourth-order valence-corrected chi connectivity index (χ4v) is 4.37. The molecule has 3 aromatic rings. The molecule has 3 aromatic carbocycles. The molecule has 1 fully saturated rings. The van der Waals surface area contributed by atoms with E-state index in [0.717, 1.165) is 45.8 Å². The highest BCUT2D eigenvalue weighted by molar-refractivity contribution is 8.18. The number of nitrogens with zero attached hydrogens (tertiary/aromatic N) is 2. The second-order valence-corrected chi connectivity index (χ2v) is 8.59. The Kier molecular flexibility index (Phi) is 6.74. The Morgan fingerprint density at radius 1 is 1.06 bits per heavy atom. The van der Waals surface area contributed by atoms with Crippen molar-refractivity contribution in [2.75, 3.05) is 6.61 Å². The van der Waals surface area contributed by atoms with Crippen LogP contribution in [0.15, 0.2) is 65.6 Å².